The molecule has 0 aromatic heterocycles. The highest BCUT2D eigenvalue weighted by molar-refractivity contribution is 5.77. The van der Waals surface area contributed by atoms with E-state index in [0.717, 1.165) is 6.42 Å². The van der Waals surface area contributed by atoms with Gasteiger partial charge in [0.1, 0.15) is 0 Å². The third-order valence-electron chi connectivity index (χ3n) is 1.65. The molecule has 0 bridgehead atoms. The highest BCUT2D eigenvalue weighted by atomic mass is 16.2. The lowest BCUT2D eigenvalue weighted by Gasteiger charge is -2.04. The van der Waals surface area contributed by atoms with E-state index in [1.165, 1.54) is 0 Å². The van der Waals surface area contributed by atoms with Gasteiger partial charge in [0.05, 0.1) is 0 Å². The van der Waals surface area contributed by atoms with Crippen LogP contribution in [0.2, 0.25) is 0 Å². The molecule has 80 valence electrons. The van der Waals surface area contributed by atoms with Gasteiger partial charge in [-0.2, -0.15) is 0 Å². The quantitative estimate of drug-likeness (QED) is 0.465. The zero-order chi connectivity index (χ0) is 10.8. The summed E-state index contributed by atoms with van der Waals surface area (Å²) in [6, 6.07) is 0. The lowest BCUT2D eigenvalue weighted by atomic mass is 10.3. The van der Waals surface area contributed by atoms with Gasteiger partial charge in [-0.15, -0.1) is 6.58 Å². The SMILES string of the molecule is C=CCC(=O)NCCCNC(=O)CC. The summed E-state index contributed by atoms with van der Waals surface area (Å²) >= 11 is 0. The molecule has 0 aromatic rings. The third kappa shape index (κ3) is 7.34. The van der Waals surface area contributed by atoms with Gasteiger partial charge < -0.3 is 10.6 Å². The van der Waals surface area contributed by atoms with E-state index in [1.54, 1.807) is 13.0 Å². The average Bonchev–Trinajstić information content (AvgIpc) is 2.17. The van der Waals surface area contributed by atoms with Crippen LogP contribution >= 0.6 is 0 Å². The van der Waals surface area contributed by atoms with E-state index in [1.807, 2.05) is 0 Å². The second kappa shape index (κ2) is 8.29. The van der Waals surface area contributed by atoms with Gasteiger partial charge in [-0.05, 0) is 6.42 Å². The summed E-state index contributed by atoms with van der Waals surface area (Å²) < 4.78 is 0. The van der Waals surface area contributed by atoms with Crippen LogP contribution in [-0.2, 0) is 9.59 Å². The summed E-state index contributed by atoms with van der Waals surface area (Å²) in [4.78, 5) is 21.7. The van der Waals surface area contributed by atoms with Gasteiger partial charge in [0.25, 0.3) is 0 Å². The van der Waals surface area contributed by atoms with Crippen LogP contribution in [0.3, 0.4) is 0 Å². The molecule has 4 nitrogen and oxygen atoms in total. The van der Waals surface area contributed by atoms with Crippen LogP contribution in [0.15, 0.2) is 12.7 Å². The number of carbonyl (C=O) groups excluding carboxylic acids is 2. The van der Waals surface area contributed by atoms with Gasteiger partial charge in [0.15, 0.2) is 0 Å². The van der Waals surface area contributed by atoms with Crippen molar-refractivity contribution in [3.05, 3.63) is 12.7 Å². The monoisotopic (exact) mass is 198 g/mol. The summed E-state index contributed by atoms with van der Waals surface area (Å²) in [6.07, 6.45) is 3.17. The molecule has 0 saturated carbocycles. The van der Waals surface area contributed by atoms with E-state index in [0.29, 0.717) is 25.9 Å². The first-order chi connectivity index (χ1) is 6.70. The second-order valence-corrected chi connectivity index (χ2v) is 2.90. The van der Waals surface area contributed by atoms with Crippen LogP contribution in [0.25, 0.3) is 0 Å². The van der Waals surface area contributed by atoms with Gasteiger partial charge in [-0.1, -0.05) is 13.0 Å². The van der Waals surface area contributed by atoms with E-state index in [-0.39, 0.29) is 11.8 Å². The number of nitrogens with one attached hydrogen (secondary N) is 2. The molecule has 0 aliphatic rings. The molecule has 0 aliphatic carbocycles. The molecular weight excluding hydrogens is 180 g/mol. The zero-order valence-electron chi connectivity index (χ0n) is 8.64. The van der Waals surface area contributed by atoms with Crippen LogP contribution in [-0.4, -0.2) is 24.9 Å². The van der Waals surface area contributed by atoms with E-state index < -0.39 is 0 Å². The lowest BCUT2D eigenvalue weighted by Crippen LogP contribution is -2.29. The molecule has 0 aromatic carbocycles. The van der Waals surface area contributed by atoms with E-state index in [9.17, 15) is 9.59 Å². The summed E-state index contributed by atoms with van der Waals surface area (Å²) in [5.41, 5.74) is 0. The Morgan fingerprint density at radius 2 is 1.79 bits per heavy atom. The smallest absolute Gasteiger partial charge is 0.223 e. The van der Waals surface area contributed by atoms with Crippen molar-refractivity contribution in [2.45, 2.75) is 26.2 Å². The zero-order valence-corrected chi connectivity index (χ0v) is 8.64. The molecule has 0 rings (SSSR count). The molecule has 0 unspecified atom stereocenters. The molecule has 2 N–H and O–H groups in total. The Morgan fingerprint density at radius 3 is 2.29 bits per heavy atom. The van der Waals surface area contributed by atoms with Crippen molar-refractivity contribution in [2.24, 2.45) is 0 Å². The highest BCUT2D eigenvalue weighted by Crippen LogP contribution is 1.81. The Morgan fingerprint density at radius 1 is 1.21 bits per heavy atom. The normalized spacial score (nSPS) is 9.21. The minimum Gasteiger partial charge on any atom is -0.356 e. The maximum Gasteiger partial charge on any atom is 0.223 e. The molecule has 4 heteroatoms. The fourth-order valence-corrected chi connectivity index (χ4v) is 0.872. The second-order valence-electron chi connectivity index (χ2n) is 2.90. The summed E-state index contributed by atoms with van der Waals surface area (Å²) in [6.45, 7) is 6.47. The molecule has 0 aliphatic heterocycles. The molecular formula is C10H18N2O2. The minimum absolute atomic E-state index is 0.0261. The Labute approximate surface area is 84.8 Å². The topological polar surface area (TPSA) is 58.2 Å². The van der Waals surface area contributed by atoms with Crippen LogP contribution in [0.4, 0.5) is 0 Å². The number of hydrogen-bond acceptors (Lipinski definition) is 2. The van der Waals surface area contributed by atoms with Crippen LogP contribution in [0.5, 0.6) is 0 Å². The summed E-state index contributed by atoms with van der Waals surface area (Å²) in [5.74, 6) is 0.0178. The van der Waals surface area contributed by atoms with Crippen molar-refractivity contribution in [3.63, 3.8) is 0 Å². The predicted octanol–water partition coefficient (Wildman–Crippen LogP) is 0.595. The van der Waals surface area contributed by atoms with Crippen LogP contribution < -0.4 is 10.6 Å². The molecule has 2 amide bonds. The van der Waals surface area contributed by atoms with Crippen molar-refractivity contribution >= 4 is 11.8 Å². The number of rotatable bonds is 7. The molecule has 14 heavy (non-hydrogen) atoms. The van der Waals surface area contributed by atoms with Gasteiger partial charge in [-0.25, -0.2) is 0 Å². The highest BCUT2D eigenvalue weighted by Gasteiger charge is 1.97. The van der Waals surface area contributed by atoms with Crippen molar-refractivity contribution in [2.75, 3.05) is 13.1 Å². The Bertz CT molecular complexity index is 202. The van der Waals surface area contributed by atoms with Crippen molar-refractivity contribution in [1.82, 2.24) is 10.6 Å². The molecule has 0 spiro atoms. The Balaban J connectivity index is 3.25. The van der Waals surface area contributed by atoms with Gasteiger partial charge in [-0.3, -0.25) is 9.59 Å². The average molecular weight is 198 g/mol. The summed E-state index contributed by atoms with van der Waals surface area (Å²) in [5, 5.41) is 5.44. The molecule has 0 atom stereocenters. The standard InChI is InChI=1S/C10H18N2O2/c1-3-6-10(14)12-8-5-7-11-9(13)4-2/h3H,1,4-8H2,2H3,(H,11,13)(H,12,14). The minimum atomic E-state index is -0.0261. The summed E-state index contributed by atoms with van der Waals surface area (Å²) in [7, 11) is 0. The van der Waals surface area contributed by atoms with Gasteiger partial charge >= 0.3 is 0 Å². The third-order valence-corrected chi connectivity index (χ3v) is 1.65. The van der Waals surface area contributed by atoms with Crippen molar-refractivity contribution in [3.8, 4) is 0 Å². The fourth-order valence-electron chi connectivity index (χ4n) is 0.872. The van der Waals surface area contributed by atoms with Crippen LogP contribution in [0.1, 0.15) is 26.2 Å². The first-order valence-electron chi connectivity index (χ1n) is 4.85. The molecule has 0 saturated heterocycles. The predicted molar refractivity (Wildman–Crippen MR) is 55.7 cm³/mol. The first kappa shape index (κ1) is 12.7. The van der Waals surface area contributed by atoms with E-state index in [4.69, 9.17) is 0 Å². The van der Waals surface area contributed by atoms with Crippen molar-refractivity contribution in [1.29, 1.82) is 0 Å². The Hall–Kier alpha value is -1.32. The Kier molecular flexibility index (Phi) is 7.50. The number of carbonyl (C=O) groups is 2. The van der Waals surface area contributed by atoms with E-state index in [2.05, 4.69) is 17.2 Å². The molecule has 0 radical (unpaired) electrons. The van der Waals surface area contributed by atoms with Crippen molar-refractivity contribution < 1.29 is 9.59 Å². The fraction of sp³-hybridized carbons (Fsp3) is 0.600. The van der Waals surface area contributed by atoms with Crippen LogP contribution in [0, 0.1) is 0 Å². The maximum atomic E-state index is 10.9. The lowest BCUT2D eigenvalue weighted by molar-refractivity contribution is -0.120. The van der Waals surface area contributed by atoms with Gasteiger partial charge in [0.2, 0.25) is 11.8 Å². The number of hydrogen-bond donors (Lipinski definition) is 2. The first-order valence-corrected chi connectivity index (χ1v) is 4.85. The maximum absolute atomic E-state index is 10.9. The largest absolute Gasteiger partial charge is 0.356 e. The van der Waals surface area contributed by atoms with E-state index >= 15 is 0 Å². The number of amides is 2. The van der Waals surface area contributed by atoms with Gasteiger partial charge in [0, 0.05) is 25.9 Å². The molecule has 0 fully saturated rings. The molecule has 0 heterocycles.